The maximum Gasteiger partial charge on any atom is 0.0986 e. The lowest BCUT2D eigenvalue weighted by Crippen LogP contribution is -2.50. The van der Waals surface area contributed by atoms with Crippen molar-refractivity contribution in [2.75, 3.05) is 19.8 Å². The molecule has 0 aliphatic carbocycles. The molecule has 4 heteroatoms. The number of allylic oxidation sites excluding steroid dienone is 8. The number of halogens is 1. The minimum absolute atomic E-state index is 0. The van der Waals surface area contributed by atoms with E-state index in [9.17, 15) is 0 Å². The zero-order chi connectivity index (χ0) is 56.3. The van der Waals surface area contributed by atoms with Crippen LogP contribution in [-0.2, 0) is 9.47 Å². The Kier molecular flexibility index (Phi) is 72.8. The zero-order valence-corrected chi connectivity index (χ0v) is 56.3. The monoisotopic (exact) mass is 1170 g/mol. The topological polar surface area (TPSA) is 44.5 Å². The summed E-state index contributed by atoms with van der Waals surface area (Å²) in [6.45, 7) is 11.5. The van der Waals surface area contributed by atoms with Crippen molar-refractivity contribution in [1.29, 1.82) is 0 Å². The van der Waals surface area contributed by atoms with Gasteiger partial charge in [-0.05, 0) is 128 Å². The molecule has 0 aromatic heterocycles. The predicted octanol–water partition coefficient (Wildman–Crippen LogP) is 26.6. The number of unbranched alkanes of at least 4 members (excludes halogenated alkanes) is 48. The Labute approximate surface area is 509 Å². The highest BCUT2D eigenvalue weighted by Gasteiger charge is 2.39. The van der Waals surface area contributed by atoms with Crippen LogP contribution in [0.5, 0.6) is 0 Å². The first kappa shape index (κ1) is 80.4. The molecule has 1 unspecified atom stereocenters. The number of rotatable bonds is 68. The largest absolute Gasteiger partial charge is 0.374 e. The van der Waals surface area contributed by atoms with Crippen LogP contribution in [0.1, 0.15) is 400 Å². The molecule has 0 aromatic carbocycles. The van der Waals surface area contributed by atoms with Crippen molar-refractivity contribution < 1.29 is 9.47 Å². The van der Waals surface area contributed by atoms with Gasteiger partial charge in [0.1, 0.15) is 0 Å². The second kappa shape index (κ2) is 71.6. The predicted molar refractivity (Wildman–Crippen MR) is 365 cm³/mol. The first-order chi connectivity index (χ1) is 38.7. The highest BCUT2D eigenvalue weighted by Crippen LogP contribution is 2.34. The summed E-state index contributed by atoms with van der Waals surface area (Å²) in [7, 11) is 0. The van der Waals surface area contributed by atoms with Gasteiger partial charge in [-0.15, -0.1) is 17.0 Å². The second-order valence-electron chi connectivity index (χ2n) is 24.8. The van der Waals surface area contributed by atoms with Crippen molar-refractivity contribution in [3.8, 4) is 0 Å². The molecule has 0 amide bonds. The Hall–Kier alpha value is -0.680. The van der Waals surface area contributed by atoms with Crippen LogP contribution in [0.15, 0.2) is 48.6 Å². The number of nitrogens with two attached hydrogens (primary N) is 1. The van der Waals surface area contributed by atoms with Gasteiger partial charge in [0, 0.05) is 19.8 Å². The van der Waals surface area contributed by atoms with E-state index in [0.717, 1.165) is 38.9 Å². The van der Waals surface area contributed by atoms with E-state index in [1.54, 1.807) is 0 Å². The molecule has 0 aliphatic heterocycles. The van der Waals surface area contributed by atoms with Crippen molar-refractivity contribution in [3.63, 3.8) is 0 Å². The van der Waals surface area contributed by atoms with Crippen LogP contribution in [0.2, 0.25) is 0 Å². The smallest absolute Gasteiger partial charge is 0.0986 e. The van der Waals surface area contributed by atoms with Crippen LogP contribution in [0, 0.1) is 0 Å². The molecule has 79 heavy (non-hydrogen) atoms. The fourth-order valence-electron chi connectivity index (χ4n) is 11.7. The fraction of sp³-hybridized carbons (Fsp3) is 0.893. The van der Waals surface area contributed by atoms with Crippen molar-refractivity contribution in [2.24, 2.45) is 5.73 Å². The summed E-state index contributed by atoms with van der Waals surface area (Å²) in [6.07, 6.45) is 96.8. The van der Waals surface area contributed by atoms with Gasteiger partial charge in [-0.3, -0.25) is 0 Å². The molecule has 0 aromatic rings. The molecule has 0 spiro atoms. The van der Waals surface area contributed by atoms with E-state index in [1.165, 1.54) is 347 Å². The number of ether oxygens (including phenoxy) is 2. The summed E-state index contributed by atoms with van der Waals surface area (Å²) < 4.78 is 14.2. The van der Waals surface area contributed by atoms with E-state index in [2.05, 4.69) is 76.3 Å². The second-order valence-corrected chi connectivity index (χ2v) is 24.8. The van der Waals surface area contributed by atoms with Gasteiger partial charge >= 0.3 is 0 Å². The molecular weight excluding hydrogens is 1030 g/mol. The summed E-state index contributed by atoms with van der Waals surface area (Å²) >= 11 is 0. The summed E-state index contributed by atoms with van der Waals surface area (Å²) in [4.78, 5) is 0. The molecular formula is C75H146BrNO2. The normalized spacial score (nSPS) is 12.7. The Morgan fingerprint density at radius 2 is 0.468 bits per heavy atom. The Morgan fingerprint density at radius 3 is 0.709 bits per heavy atom. The van der Waals surface area contributed by atoms with Gasteiger partial charge in [-0.25, -0.2) is 0 Å². The van der Waals surface area contributed by atoms with E-state index >= 15 is 0 Å². The third-order valence-electron chi connectivity index (χ3n) is 17.0. The summed E-state index contributed by atoms with van der Waals surface area (Å²) in [6, 6.07) is 0. The molecule has 0 saturated heterocycles. The first-order valence-corrected chi connectivity index (χ1v) is 36.3. The van der Waals surface area contributed by atoms with Crippen LogP contribution < -0.4 is 5.73 Å². The molecule has 470 valence electrons. The molecule has 0 fully saturated rings. The lowest BCUT2D eigenvalue weighted by molar-refractivity contribution is -0.154. The third-order valence-corrected chi connectivity index (χ3v) is 17.0. The number of hydrogen-bond acceptors (Lipinski definition) is 3. The maximum absolute atomic E-state index is 7.30. The Bertz CT molecular complexity index is 1170. The van der Waals surface area contributed by atoms with Crippen LogP contribution in [-0.4, -0.2) is 31.5 Å². The van der Waals surface area contributed by atoms with Gasteiger partial charge < -0.3 is 15.2 Å². The van der Waals surface area contributed by atoms with Gasteiger partial charge in [0.25, 0.3) is 0 Å². The van der Waals surface area contributed by atoms with Crippen LogP contribution in [0.4, 0.5) is 0 Å². The van der Waals surface area contributed by atoms with Crippen LogP contribution in [0.25, 0.3) is 0 Å². The van der Waals surface area contributed by atoms with Crippen LogP contribution >= 0.6 is 17.0 Å². The SMILES string of the molecule is Br.CCCCCCCC/C=C\CCCCCCCCOC(CN)C(CCCCCCCC/C=C\CCCCCCCC)(CCCCCCCC/C=C\CCCCCCCC)OCCCCCCCC/C=C\CCCCCCCC. The number of hydrogen-bond donors (Lipinski definition) is 1. The molecule has 0 rings (SSSR count). The molecule has 0 radical (unpaired) electrons. The minimum Gasteiger partial charge on any atom is -0.374 e. The van der Waals surface area contributed by atoms with Gasteiger partial charge in [-0.1, -0.05) is 320 Å². The van der Waals surface area contributed by atoms with Gasteiger partial charge in [0.15, 0.2) is 0 Å². The lowest BCUT2D eigenvalue weighted by atomic mass is 9.84. The molecule has 0 heterocycles. The van der Waals surface area contributed by atoms with Crippen molar-refractivity contribution in [3.05, 3.63) is 48.6 Å². The zero-order valence-electron chi connectivity index (χ0n) is 54.6. The quantitative estimate of drug-likeness (QED) is 0.0488. The molecule has 2 N–H and O–H groups in total. The highest BCUT2D eigenvalue weighted by atomic mass is 79.9. The molecule has 0 aliphatic rings. The van der Waals surface area contributed by atoms with Crippen molar-refractivity contribution in [1.82, 2.24) is 0 Å². The van der Waals surface area contributed by atoms with Crippen LogP contribution in [0.3, 0.4) is 0 Å². The molecule has 3 nitrogen and oxygen atoms in total. The third kappa shape index (κ3) is 61.7. The van der Waals surface area contributed by atoms with Crippen molar-refractivity contribution in [2.45, 2.75) is 412 Å². The van der Waals surface area contributed by atoms with E-state index in [-0.39, 0.29) is 28.7 Å². The van der Waals surface area contributed by atoms with Gasteiger partial charge in [0.2, 0.25) is 0 Å². The molecule has 0 bridgehead atoms. The highest BCUT2D eigenvalue weighted by molar-refractivity contribution is 8.93. The van der Waals surface area contributed by atoms with Gasteiger partial charge in [0.05, 0.1) is 11.7 Å². The average Bonchev–Trinajstić information content (AvgIpc) is 3.46. The standard InChI is InChI=1S/C75H145NO2.BrH/c1-5-9-13-17-21-25-29-33-37-41-45-49-53-57-61-65-69-75(70-66-62-58-54-50-46-42-38-34-30-26-22-18-14-10-6-2,78-72-68-64-60-56-52-48-44-40-36-32-28-24-20-16-12-8-4)74(73-76)77-71-67-63-59-55-51-47-43-39-35-31-27-23-19-15-11-7-3;/h33-40,74H,5-32,41-73,76H2,1-4H3;1H/b37-33-,38-34-,39-35-,40-36-;. The van der Waals surface area contributed by atoms with Gasteiger partial charge in [-0.2, -0.15) is 0 Å². The average molecular weight is 1170 g/mol. The summed E-state index contributed by atoms with van der Waals surface area (Å²) in [5.41, 5.74) is 6.53. The van der Waals surface area contributed by atoms with E-state index in [0.29, 0.717) is 6.54 Å². The first-order valence-electron chi connectivity index (χ1n) is 36.3. The molecule has 1 atom stereocenters. The van der Waals surface area contributed by atoms with E-state index < -0.39 is 0 Å². The maximum atomic E-state index is 7.30. The lowest BCUT2D eigenvalue weighted by Gasteiger charge is -2.41. The fourth-order valence-corrected chi connectivity index (χ4v) is 11.7. The van der Waals surface area contributed by atoms with E-state index in [4.69, 9.17) is 15.2 Å². The Balaban J connectivity index is 0. The summed E-state index contributed by atoms with van der Waals surface area (Å²) in [5.74, 6) is 0. The Morgan fingerprint density at radius 1 is 0.266 bits per heavy atom. The minimum atomic E-state index is -0.263. The van der Waals surface area contributed by atoms with Crippen molar-refractivity contribution >= 4 is 17.0 Å². The van der Waals surface area contributed by atoms with E-state index in [1.807, 2.05) is 0 Å². The summed E-state index contributed by atoms with van der Waals surface area (Å²) in [5, 5.41) is 0. The molecule has 0 saturated carbocycles.